The number of aromatic nitrogens is 1. The highest BCUT2D eigenvalue weighted by molar-refractivity contribution is 7.89. The van der Waals surface area contributed by atoms with Crippen LogP contribution in [0.5, 0.6) is 5.75 Å². The number of carbonyl (C=O) groups is 1. The molecular weight excluding hydrogens is 466 g/mol. The Morgan fingerprint density at radius 1 is 1.06 bits per heavy atom. The van der Waals surface area contributed by atoms with Crippen LogP contribution in [0.4, 0.5) is 5.69 Å². The lowest BCUT2D eigenvalue weighted by Gasteiger charge is -2.26. The van der Waals surface area contributed by atoms with Crippen molar-refractivity contribution in [3.8, 4) is 5.75 Å². The number of anilines is 1. The van der Waals surface area contributed by atoms with Crippen LogP contribution in [0.2, 0.25) is 0 Å². The third-order valence-corrected chi connectivity index (χ3v) is 8.71. The predicted molar refractivity (Wildman–Crippen MR) is 131 cm³/mol. The van der Waals surface area contributed by atoms with Gasteiger partial charge in [0.05, 0.1) is 21.7 Å². The standard InChI is InChI=1S/C26H29N3O5S/c1-18-23(19(2)34-27-18)17-33-25-9-5-4-8-22(25)26(30)29-15-12-20-16-21(10-11-24(20)29)35(31,32)28-13-6-3-7-14-28/h4-5,8-11,16H,3,6-7,12-15,17H2,1-2H3. The van der Waals surface area contributed by atoms with E-state index in [4.69, 9.17) is 9.26 Å². The molecule has 9 heteroatoms. The minimum Gasteiger partial charge on any atom is -0.488 e. The molecule has 2 aromatic carbocycles. The largest absolute Gasteiger partial charge is 0.488 e. The highest BCUT2D eigenvalue weighted by atomic mass is 32.2. The molecule has 2 aliphatic rings. The number of nitrogens with zero attached hydrogens (tertiary/aromatic N) is 3. The maximum atomic E-state index is 13.5. The van der Waals surface area contributed by atoms with Gasteiger partial charge >= 0.3 is 0 Å². The van der Waals surface area contributed by atoms with Gasteiger partial charge in [-0.15, -0.1) is 0 Å². The average Bonchev–Trinajstić information content (AvgIpc) is 3.45. The van der Waals surface area contributed by atoms with Crippen LogP contribution in [0.1, 0.15) is 52.2 Å². The lowest BCUT2D eigenvalue weighted by Crippen LogP contribution is -2.35. The third kappa shape index (κ3) is 4.46. The van der Waals surface area contributed by atoms with Gasteiger partial charge in [0.2, 0.25) is 10.0 Å². The van der Waals surface area contributed by atoms with Gasteiger partial charge in [-0.2, -0.15) is 4.31 Å². The smallest absolute Gasteiger partial charge is 0.262 e. The lowest BCUT2D eigenvalue weighted by molar-refractivity contribution is 0.0985. The van der Waals surface area contributed by atoms with Crippen LogP contribution in [0.15, 0.2) is 51.9 Å². The second-order valence-electron chi connectivity index (χ2n) is 9.05. The molecule has 0 radical (unpaired) electrons. The second kappa shape index (κ2) is 9.47. The number of para-hydroxylation sites is 1. The van der Waals surface area contributed by atoms with E-state index < -0.39 is 10.0 Å². The number of hydrogen-bond acceptors (Lipinski definition) is 6. The van der Waals surface area contributed by atoms with E-state index in [1.165, 1.54) is 0 Å². The number of amides is 1. The van der Waals surface area contributed by atoms with Crippen LogP contribution >= 0.6 is 0 Å². The Bertz CT molecular complexity index is 1340. The van der Waals surface area contributed by atoms with Crippen molar-refractivity contribution in [3.63, 3.8) is 0 Å². The number of benzene rings is 2. The normalized spacial score (nSPS) is 16.3. The van der Waals surface area contributed by atoms with Crippen molar-refractivity contribution >= 4 is 21.6 Å². The first kappa shape index (κ1) is 23.6. The average molecular weight is 496 g/mol. The molecular formula is C26H29N3O5S. The predicted octanol–water partition coefficient (Wildman–Crippen LogP) is 4.25. The van der Waals surface area contributed by atoms with E-state index in [0.717, 1.165) is 41.8 Å². The molecule has 0 atom stereocenters. The van der Waals surface area contributed by atoms with Crippen LogP contribution in [-0.4, -0.2) is 43.4 Å². The van der Waals surface area contributed by atoms with Gasteiger partial charge in [-0.3, -0.25) is 4.79 Å². The molecule has 1 fully saturated rings. The minimum atomic E-state index is -3.52. The van der Waals surface area contributed by atoms with E-state index in [1.807, 2.05) is 19.9 Å². The number of rotatable bonds is 6. The summed E-state index contributed by atoms with van der Waals surface area (Å²) in [6, 6.07) is 12.3. The summed E-state index contributed by atoms with van der Waals surface area (Å²) >= 11 is 0. The number of piperidine rings is 1. The van der Waals surface area contributed by atoms with E-state index >= 15 is 0 Å². The quantitative estimate of drug-likeness (QED) is 0.508. The van der Waals surface area contributed by atoms with E-state index in [2.05, 4.69) is 5.16 Å². The molecule has 1 aromatic heterocycles. The summed E-state index contributed by atoms with van der Waals surface area (Å²) in [7, 11) is -3.52. The van der Waals surface area contributed by atoms with E-state index in [9.17, 15) is 13.2 Å². The first-order valence-electron chi connectivity index (χ1n) is 11.9. The van der Waals surface area contributed by atoms with Crippen molar-refractivity contribution < 1.29 is 22.5 Å². The minimum absolute atomic E-state index is 0.176. The Balaban J connectivity index is 1.37. The second-order valence-corrected chi connectivity index (χ2v) is 11.0. The zero-order valence-corrected chi connectivity index (χ0v) is 20.8. The number of aryl methyl sites for hydroxylation is 2. The van der Waals surface area contributed by atoms with Crippen molar-refractivity contribution in [2.45, 2.75) is 51.0 Å². The lowest BCUT2D eigenvalue weighted by atomic mass is 10.1. The summed E-state index contributed by atoms with van der Waals surface area (Å²) in [4.78, 5) is 15.5. The monoisotopic (exact) mass is 495 g/mol. The molecule has 5 rings (SSSR count). The maximum absolute atomic E-state index is 13.5. The Morgan fingerprint density at radius 3 is 2.57 bits per heavy atom. The van der Waals surface area contributed by atoms with Crippen LogP contribution < -0.4 is 9.64 Å². The number of hydrogen-bond donors (Lipinski definition) is 0. The first-order valence-corrected chi connectivity index (χ1v) is 13.4. The van der Waals surface area contributed by atoms with E-state index in [1.54, 1.807) is 45.6 Å². The summed E-state index contributed by atoms with van der Waals surface area (Å²) in [6.45, 7) is 5.55. The zero-order valence-electron chi connectivity index (χ0n) is 20.0. The molecule has 2 aliphatic heterocycles. The van der Waals surface area contributed by atoms with Gasteiger partial charge in [-0.05, 0) is 69.0 Å². The Labute approximate surface area is 205 Å². The van der Waals surface area contributed by atoms with Crippen molar-refractivity contribution in [1.82, 2.24) is 9.46 Å². The molecule has 0 spiro atoms. The van der Waals surface area contributed by atoms with Crippen molar-refractivity contribution in [2.24, 2.45) is 0 Å². The highest BCUT2D eigenvalue weighted by Crippen LogP contribution is 2.34. The van der Waals surface area contributed by atoms with Gasteiger partial charge in [-0.1, -0.05) is 23.7 Å². The van der Waals surface area contributed by atoms with Crippen LogP contribution in [0.25, 0.3) is 0 Å². The Morgan fingerprint density at radius 2 is 1.83 bits per heavy atom. The van der Waals surface area contributed by atoms with Crippen LogP contribution in [0, 0.1) is 13.8 Å². The topological polar surface area (TPSA) is 93.0 Å². The number of sulfonamides is 1. The van der Waals surface area contributed by atoms with Gasteiger partial charge in [0.1, 0.15) is 18.1 Å². The van der Waals surface area contributed by atoms with Crippen LogP contribution in [0.3, 0.4) is 0 Å². The summed E-state index contributed by atoms with van der Waals surface area (Å²) in [6.07, 6.45) is 3.46. The van der Waals surface area contributed by atoms with Crippen molar-refractivity contribution in [3.05, 3.63) is 70.6 Å². The molecule has 3 heterocycles. The fourth-order valence-electron chi connectivity index (χ4n) is 4.78. The van der Waals surface area contributed by atoms with Crippen LogP contribution in [-0.2, 0) is 23.1 Å². The molecule has 0 N–H and O–H groups in total. The molecule has 3 aromatic rings. The van der Waals surface area contributed by atoms with Gasteiger partial charge in [0, 0.05) is 25.3 Å². The SMILES string of the molecule is Cc1noc(C)c1COc1ccccc1C(=O)N1CCc2cc(S(=O)(=O)N3CCCCC3)ccc21. The Kier molecular flexibility index (Phi) is 6.37. The van der Waals surface area contributed by atoms with E-state index in [0.29, 0.717) is 48.0 Å². The van der Waals surface area contributed by atoms with Gasteiger partial charge in [0.25, 0.3) is 5.91 Å². The Hall–Kier alpha value is -3.17. The number of ether oxygens (including phenoxy) is 1. The summed E-state index contributed by atoms with van der Waals surface area (Å²) in [5, 5.41) is 3.95. The molecule has 184 valence electrons. The summed E-state index contributed by atoms with van der Waals surface area (Å²) < 4.78 is 39.0. The summed E-state index contributed by atoms with van der Waals surface area (Å²) in [5.41, 5.74) is 3.69. The molecule has 0 bridgehead atoms. The van der Waals surface area contributed by atoms with E-state index in [-0.39, 0.29) is 12.5 Å². The zero-order chi connectivity index (χ0) is 24.6. The molecule has 35 heavy (non-hydrogen) atoms. The molecule has 1 saturated heterocycles. The first-order chi connectivity index (χ1) is 16.9. The highest BCUT2D eigenvalue weighted by Gasteiger charge is 2.31. The number of fused-ring (bicyclic) bond motifs is 1. The maximum Gasteiger partial charge on any atom is 0.262 e. The summed E-state index contributed by atoms with van der Waals surface area (Å²) in [5.74, 6) is 0.995. The molecule has 0 aliphatic carbocycles. The molecule has 0 saturated carbocycles. The molecule has 8 nitrogen and oxygen atoms in total. The fourth-order valence-corrected chi connectivity index (χ4v) is 6.34. The van der Waals surface area contributed by atoms with Gasteiger partial charge in [-0.25, -0.2) is 8.42 Å². The van der Waals surface area contributed by atoms with Crippen molar-refractivity contribution in [2.75, 3.05) is 24.5 Å². The van der Waals surface area contributed by atoms with Gasteiger partial charge < -0.3 is 14.2 Å². The fraction of sp³-hybridized carbons (Fsp3) is 0.385. The number of carbonyl (C=O) groups excluding carboxylic acids is 1. The third-order valence-electron chi connectivity index (χ3n) is 6.82. The van der Waals surface area contributed by atoms with Crippen molar-refractivity contribution in [1.29, 1.82) is 0 Å². The molecule has 1 amide bonds. The molecule has 0 unspecified atom stereocenters. The van der Waals surface area contributed by atoms with Gasteiger partial charge in [0.15, 0.2) is 0 Å².